The number of anilines is 1. The van der Waals surface area contributed by atoms with E-state index in [2.05, 4.69) is 30.3 Å². The van der Waals surface area contributed by atoms with E-state index in [0.29, 0.717) is 28.7 Å². The van der Waals surface area contributed by atoms with Gasteiger partial charge in [-0.15, -0.1) is 0 Å². The molecule has 1 aliphatic heterocycles. The van der Waals surface area contributed by atoms with Gasteiger partial charge in [-0.05, 0) is 12.8 Å². The van der Waals surface area contributed by atoms with Crippen molar-refractivity contribution in [1.82, 2.24) is 30.3 Å². The highest BCUT2D eigenvalue weighted by Gasteiger charge is 2.32. The molecule has 9 nitrogen and oxygen atoms in total. The lowest BCUT2D eigenvalue weighted by molar-refractivity contribution is 0.358. The van der Waals surface area contributed by atoms with Crippen LogP contribution in [0.3, 0.4) is 0 Å². The van der Waals surface area contributed by atoms with Gasteiger partial charge in [-0.3, -0.25) is 14.9 Å². The van der Waals surface area contributed by atoms with Crippen molar-refractivity contribution in [2.45, 2.75) is 38.6 Å². The molecule has 9 heteroatoms. The summed E-state index contributed by atoms with van der Waals surface area (Å²) in [6, 6.07) is -0.0465. The van der Waals surface area contributed by atoms with Gasteiger partial charge in [-0.25, -0.2) is 0 Å². The summed E-state index contributed by atoms with van der Waals surface area (Å²) in [5, 5.41) is 11.2. The fourth-order valence-corrected chi connectivity index (χ4v) is 2.88. The molecule has 0 amide bonds. The largest absolute Gasteiger partial charge is 0.339 e. The Hall–Kier alpha value is -2.71. The molecule has 2 N–H and O–H groups in total. The number of nitrogens with zero attached hydrogens (tertiary/aromatic N) is 5. The molecule has 23 heavy (non-hydrogen) atoms. The van der Waals surface area contributed by atoms with Gasteiger partial charge in [-0.1, -0.05) is 19.0 Å². The van der Waals surface area contributed by atoms with Crippen molar-refractivity contribution in [2.24, 2.45) is 0 Å². The molecular formula is C14H17N7O2. The highest BCUT2D eigenvalue weighted by molar-refractivity contribution is 5.73. The van der Waals surface area contributed by atoms with Crippen LogP contribution >= 0.6 is 0 Å². The van der Waals surface area contributed by atoms with Gasteiger partial charge in [0.05, 0.1) is 12.2 Å². The molecule has 120 valence electrons. The van der Waals surface area contributed by atoms with Crippen molar-refractivity contribution in [2.75, 3.05) is 11.4 Å². The zero-order valence-corrected chi connectivity index (χ0v) is 12.9. The Bertz CT molecular complexity index is 894. The van der Waals surface area contributed by atoms with Gasteiger partial charge >= 0.3 is 0 Å². The first-order chi connectivity index (χ1) is 11.1. The predicted molar refractivity (Wildman–Crippen MR) is 82.2 cm³/mol. The standard InChI is InChI=1S/C14H17N7O2/c1-7(2)13-16-11(20-23-13)9-4-3-5-21(9)14-17-10-8(6-15-19-10)12(22)18-14/h6-7,9H,3-5H2,1-2H3,(H2,15,17,18,19,22). The Labute approximate surface area is 131 Å². The zero-order valence-electron chi connectivity index (χ0n) is 12.9. The Kier molecular flexibility index (Phi) is 3.14. The van der Waals surface area contributed by atoms with Crippen molar-refractivity contribution >= 4 is 17.0 Å². The molecule has 0 spiro atoms. The summed E-state index contributed by atoms with van der Waals surface area (Å²) in [7, 11) is 0. The van der Waals surface area contributed by atoms with E-state index in [1.165, 1.54) is 6.20 Å². The van der Waals surface area contributed by atoms with E-state index in [0.717, 1.165) is 19.4 Å². The molecule has 0 bridgehead atoms. The van der Waals surface area contributed by atoms with Crippen LogP contribution in [-0.4, -0.2) is 36.9 Å². The molecule has 0 saturated carbocycles. The first-order valence-corrected chi connectivity index (χ1v) is 7.67. The highest BCUT2D eigenvalue weighted by atomic mass is 16.5. The summed E-state index contributed by atoms with van der Waals surface area (Å²) in [5.74, 6) is 1.95. The zero-order chi connectivity index (χ0) is 16.0. The van der Waals surface area contributed by atoms with Crippen LogP contribution in [0.25, 0.3) is 11.0 Å². The second-order valence-corrected chi connectivity index (χ2v) is 6.02. The number of rotatable bonds is 3. The van der Waals surface area contributed by atoms with E-state index < -0.39 is 0 Å². The first-order valence-electron chi connectivity index (χ1n) is 7.67. The van der Waals surface area contributed by atoms with Crippen molar-refractivity contribution in [1.29, 1.82) is 0 Å². The van der Waals surface area contributed by atoms with Crippen LogP contribution in [-0.2, 0) is 0 Å². The first kappa shape index (κ1) is 13.9. The summed E-state index contributed by atoms with van der Waals surface area (Å²) >= 11 is 0. The number of hydrogen-bond acceptors (Lipinski definition) is 7. The summed E-state index contributed by atoms with van der Waals surface area (Å²) in [5.41, 5.74) is 0.269. The molecule has 1 fully saturated rings. The number of hydrogen-bond donors (Lipinski definition) is 2. The Morgan fingerprint density at radius 2 is 2.26 bits per heavy atom. The maximum atomic E-state index is 12.1. The monoisotopic (exact) mass is 315 g/mol. The minimum atomic E-state index is -0.208. The van der Waals surface area contributed by atoms with Crippen LogP contribution < -0.4 is 10.5 Å². The van der Waals surface area contributed by atoms with Crippen molar-refractivity contribution in [3.63, 3.8) is 0 Å². The number of aromatic nitrogens is 6. The topological polar surface area (TPSA) is 117 Å². The van der Waals surface area contributed by atoms with Crippen molar-refractivity contribution < 1.29 is 4.52 Å². The SMILES string of the molecule is CC(C)c1nc(C2CCCN2c2nc3[nH]ncc3c(=O)[nH]2)no1. The van der Waals surface area contributed by atoms with E-state index in [1.54, 1.807) is 0 Å². The molecule has 0 aromatic carbocycles. The van der Waals surface area contributed by atoms with Gasteiger partial charge in [0.2, 0.25) is 11.8 Å². The number of fused-ring (bicyclic) bond motifs is 1. The molecule has 1 saturated heterocycles. The Morgan fingerprint density at radius 1 is 1.39 bits per heavy atom. The number of aromatic amines is 2. The molecule has 3 aromatic heterocycles. The fourth-order valence-electron chi connectivity index (χ4n) is 2.88. The van der Waals surface area contributed by atoms with Crippen molar-refractivity contribution in [3.05, 3.63) is 28.3 Å². The quantitative estimate of drug-likeness (QED) is 0.752. The lowest BCUT2D eigenvalue weighted by atomic mass is 10.2. The molecule has 4 heterocycles. The molecule has 0 aliphatic carbocycles. The Morgan fingerprint density at radius 3 is 3.04 bits per heavy atom. The van der Waals surface area contributed by atoms with E-state index in [4.69, 9.17) is 4.52 Å². The van der Waals surface area contributed by atoms with E-state index >= 15 is 0 Å². The van der Waals surface area contributed by atoms with Gasteiger partial charge in [0.15, 0.2) is 11.5 Å². The van der Waals surface area contributed by atoms with Crippen LogP contribution in [0.15, 0.2) is 15.5 Å². The molecule has 3 aromatic rings. The van der Waals surface area contributed by atoms with E-state index in [-0.39, 0.29) is 17.5 Å². The molecule has 1 aliphatic rings. The third-order valence-electron chi connectivity index (χ3n) is 4.08. The maximum absolute atomic E-state index is 12.1. The van der Waals surface area contributed by atoms with Crippen LogP contribution in [0, 0.1) is 0 Å². The average molecular weight is 315 g/mol. The van der Waals surface area contributed by atoms with Crippen LogP contribution in [0.2, 0.25) is 0 Å². The Balaban J connectivity index is 1.72. The minimum Gasteiger partial charge on any atom is -0.339 e. The van der Waals surface area contributed by atoms with Gasteiger partial charge in [-0.2, -0.15) is 15.1 Å². The lowest BCUT2D eigenvalue weighted by Gasteiger charge is -2.22. The van der Waals surface area contributed by atoms with Crippen LogP contribution in [0.4, 0.5) is 5.95 Å². The normalized spacial score (nSPS) is 18.4. The van der Waals surface area contributed by atoms with E-state index in [9.17, 15) is 4.79 Å². The second kappa shape index (κ2) is 5.18. The van der Waals surface area contributed by atoms with E-state index in [1.807, 2.05) is 18.7 Å². The summed E-state index contributed by atoms with van der Waals surface area (Å²) in [4.78, 5) is 25.9. The van der Waals surface area contributed by atoms with Gasteiger partial charge in [0.1, 0.15) is 5.39 Å². The molecule has 1 atom stereocenters. The highest BCUT2D eigenvalue weighted by Crippen LogP contribution is 2.33. The smallest absolute Gasteiger partial charge is 0.263 e. The van der Waals surface area contributed by atoms with Gasteiger partial charge in [0.25, 0.3) is 5.56 Å². The number of nitrogens with one attached hydrogen (secondary N) is 2. The van der Waals surface area contributed by atoms with Crippen LogP contribution in [0.1, 0.15) is 50.4 Å². The average Bonchev–Trinajstić information content (AvgIpc) is 3.25. The second-order valence-electron chi connectivity index (χ2n) is 6.02. The maximum Gasteiger partial charge on any atom is 0.263 e. The lowest BCUT2D eigenvalue weighted by Crippen LogP contribution is -2.27. The predicted octanol–water partition coefficient (Wildman–Crippen LogP) is 1.49. The minimum absolute atomic E-state index is 0.0465. The summed E-state index contributed by atoms with van der Waals surface area (Å²) in [6.45, 7) is 4.79. The van der Waals surface area contributed by atoms with Gasteiger partial charge < -0.3 is 9.42 Å². The van der Waals surface area contributed by atoms with Crippen molar-refractivity contribution in [3.8, 4) is 0 Å². The third-order valence-corrected chi connectivity index (χ3v) is 4.08. The third kappa shape index (κ3) is 2.28. The van der Waals surface area contributed by atoms with Gasteiger partial charge in [0, 0.05) is 12.5 Å². The van der Waals surface area contributed by atoms with Crippen LogP contribution in [0.5, 0.6) is 0 Å². The number of H-pyrrole nitrogens is 2. The molecule has 4 rings (SSSR count). The molecular weight excluding hydrogens is 298 g/mol. The summed E-state index contributed by atoms with van der Waals surface area (Å²) < 4.78 is 5.31. The molecule has 0 radical (unpaired) electrons. The summed E-state index contributed by atoms with van der Waals surface area (Å²) in [6.07, 6.45) is 3.34. The molecule has 1 unspecified atom stereocenters. The fraction of sp³-hybridized carbons (Fsp3) is 0.500.